The predicted octanol–water partition coefficient (Wildman–Crippen LogP) is 11.2. The van der Waals surface area contributed by atoms with Crippen molar-refractivity contribution in [2.45, 2.75) is 6.92 Å². The molecule has 0 unspecified atom stereocenters. The molecule has 0 saturated carbocycles. The minimum absolute atomic E-state index is 0.921. The van der Waals surface area contributed by atoms with E-state index in [2.05, 4.69) is 134 Å². The van der Waals surface area contributed by atoms with Crippen LogP contribution in [0.2, 0.25) is 0 Å². The highest BCUT2D eigenvalue weighted by molar-refractivity contribution is 6.21. The topological polar surface area (TPSA) is 13.1 Å². The maximum absolute atomic E-state index is 6.09. The normalized spacial score (nSPS) is 11.6. The van der Waals surface area contributed by atoms with Gasteiger partial charge in [-0.25, -0.2) is 0 Å². The summed E-state index contributed by atoms with van der Waals surface area (Å²) < 4.78 is 6.09. The Morgan fingerprint density at radius 1 is 0.350 bits per heavy atom. The minimum atomic E-state index is 0.921. The molecule has 0 aliphatic heterocycles. The van der Waals surface area contributed by atoms with Gasteiger partial charge in [0.1, 0.15) is 11.2 Å². The highest BCUT2D eigenvalue weighted by Gasteiger charge is 2.17. The maximum atomic E-state index is 6.09. The van der Waals surface area contributed by atoms with Crippen molar-refractivity contribution in [2.75, 3.05) is 0 Å². The van der Waals surface area contributed by atoms with Crippen LogP contribution in [0.4, 0.5) is 0 Å². The van der Waals surface area contributed by atoms with Crippen molar-refractivity contribution in [1.82, 2.24) is 0 Å². The van der Waals surface area contributed by atoms with E-state index in [4.69, 9.17) is 4.42 Å². The lowest BCUT2D eigenvalue weighted by molar-refractivity contribution is 0.669. The van der Waals surface area contributed by atoms with Crippen LogP contribution in [-0.2, 0) is 0 Å². The predicted molar refractivity (Wildman–Crippen MR) is 170 cm³/mol. The molecule has 0 aliphatic carbocycles. The van der Waals surface area contributed by atoms with E-state index in [0.717, 1.165) is 21.9 Å². The molecule has 0 spiro atoms. The molecule has 0 fully saturated rings. The molecule has 1 aromatic heterocycles. The third kappa shape index (κ3) is 3.56. The molecule has 1 heterocycles. The molecule has 188 valence electrons. The highest BCUT2D eigenvalue weighted by atomic mass is 16.3. The van der Waals surface area contributed by atoms with Gasteiger partial charge < -0.3 is 4.42 Å². The van der Waals surface area contributed by atoms with Gasteiger partial charge in [-0.1, -0.05) is 121 Å². The first kappa shape index (κ1) is 22.8. The summed E-state index contributed by atoms with van der Waals surface area (Å²) in [5.41, 5.74) is 10.5. The summed E-state index contributed by atoms with van der Waals surface area (Å²) in [4.78, 5) is 0. The van der Waals surface area contributed by atoms with Crippen LogP contribution in [0.3, 0.4) is 0 Å². The molecule has 7 aromatic carbocycles. The summed E-state index contributed by atoms with van der Waals surface area (Å²) in [5.74, 6) is 0. The maximum Gasteiger partial charge on any atom is 0.135 e. The third-order valence-electron chi connectivity index (χ3n) is 8.10. The molecule has 1 nitrogen and oxygen atoms in total. The lowest BCUT2D eigenvalue weighted by Gasteiger charge is -2.18. The smallest absolute Gasteiger partial charge is 0.135 e. The van der Waals surface area contributed by atoms with E-state index in [9.17, 15) is 0 Å². The van der Waals surface area contributed by atoms with Crippen molar-refractivity contribution in [3.05, 3.63) is 145 Å². The lowest BCUT2D eigenvalue weighted by Crippen LogP contribution is -1.91. The van der Waals surface area contributed by atoms with E-state index in [1.54, 1.807) is 0 Å². The van der Waals surface area contributed by atoms with Gasteiger partial charge in [0.2, 0.25) is 0 Å². The average molecular weight is 511 g/mol. The van der Waals surface area contributed by atoms with Gasteiger partial charge in [0.25, 0.3) is 0 Å². The fourth-order valence-electron chi connectivity index (χ4n) is 6.28. The molecule has 0 saturated heterocycles. The second-order valence-corrected chi connectivity index (χ2v) is 10.6. The first-order chi connectivity index (χ1) is 19.7. The van der Waals surface area contributed by atoms with Gasteiger partial charge >= 0.3 is 0 Å². The fraction of sp³-hybridized carbons (Fsp3) is 0.0256. The number of para-hydroxylation sites is 1. The van der Waals surface area contributed by atoms with Gasteiger partial charge in [-0.3, -0.25) is 0 Å². The first-order valence-electron chi connectivity index (χ1n) is 13.8. The van der Waals surface area contributed by atoms with Gasteiger partial charge in [0.05, 0.1) is 0 Å². The Morgan fingerprint density at radius 2 is 0.950 bits per heavy atom. The molecule has 8 aromatic rings. The van der Waals surface area contributed by atoms with Crippen LogP contribution in [0.15, 0.2) is 144 Å². The van der Waals surface area contributed by atoms with Gasteiger partial charge in [0.15, 0.2) is 0 Å². The molecule has 0 N–H and O–H groups in total. The zero-order valence-electron chi connectivity index (χ0n) is 22.2. The van der Waals surface area contributed by atoms with Gasteiger partial charge in [-0.2, -0.15) is 0 Å². The number of benzene rings is 7. The Morgan fingerprint density at radius 3 is 1.77 bits per heavy atom. The summed E-state index contributed by atoms with van der Waals surface area (Å²) in [6, 6.07) is 50.3. The molecule has 1 heteroatoms. The van der Waals surface area contributed by atoms with E-state index < -0.39 is 0 Å². The molecular weight excluding hydrogens is 484 g/mol. The quantitative estimate of drug-likeness (QED) is 0.215. The molecule has 40 heavy (non-hydrogen) atoms. The Hall–Kier alpha value is -5.14. The molecule has 0 radical (unpaired) electrons. The van der Waals surface area contributed by atoms with Gasteiger partial charge in [-0.05, 0) is 86.1 Å². The number of hydrogen-bond donors (Lipinski definition) is 0. The SMILES string of the molecule is Cc1ccc2c(-c3cccc(-c4ccc5oc6ccccc6c5c4)c3)c3ccccc3c(-c3ccccc3)c2c1. The third-order valence-corrected chi connectivity index (χ3v) is 8.10. The van der Waals surface area contributed by atoms with Crippen LogP contribution in [0.25, 0.3) is 76.9 Å². The largest absolute Gasteiger partial charge is 0.456 e. The zero-order chi connectivity index (χ0) is 26.6. The number of furan rings is 1. The van der Waals surface area contributed by atoms with E-state index in [0.29, 0.717) is 0 Å². The second kappa shape index (κ2) is 8.97. The second-order valence-electron chi connectivity index (χ2n) is 10.6. The van der Waals surface area contributed by atoms with E-state index in [1.807, 2.05) is 12.1 Å². The molecule has 0 bridgehead atoms. The van der Waals surface area contributed by atoms with E-state index in [1.165, 1.54) is 60.5 Å². The minimum Gasteiger partial charge on any atom is -0.456 e. The summed E-state index contributed by atoms with van der Waals surface area (Å²) in [5, 5.41) is 7.41. The summed E-state index contributed by atoms with van der Waals surface area (Å²) >= 11 is 0. The van der Waals surface area contributed by atoms with Gasteiger partial charge in [0, 0.05) is 10.8 Å². The highest BCUT2D eigenvalue weighted by Crippen LogP contribution is 2.44. The Balaban J connectivity index is 1.39. The van der Waals surface area contributed by atoms with Crippen molar-refractivity contribution in [3.8, 4) is 33.4 Å². The molecule has 8 rings (SSSR count). The Bertz CT molecular complexity index is 2220. The number of aryl methyl sites for hydroxylation is 1. The Kier molecular flexibility index (Phi) is 5.11. The van der Waals surface area contributed by atoms with Crippen molar-refractivity contribution in [2.24, 2.45) is 0 Å². The first-order valence-corrected chi connectivity index (χ1v) is 13.8. The number of fused-ring (bicyclic) bond motifs is 5. The molecule has 0 aliphatic rings. The summed E-state index contributed by atoms with van der Waals surface area (Å²) in [6.45, 7) is 2.18. The van der Waals surface area contributed by atoms with Crippen molar-refractivity contribution in [3.63, 3.8) is 0 Å². The van der Waals surface area contributed by atoms with Crippen molar-refractivity contribution < 1.29 is 4.42 Å². The van der Waals surface area contributed by atoms with Crippen LogP contribution in [-0.4, -0.2) is 0 Å². The van der Waals surface area contributed by atoms with Crippen LogP contribution in [0, 0.1) is 6.92 Å². The fourth-order valence-corrected chi connectivity index (χ4v) is 6.28. The average Bonchev–Trinajstić information content (AvgIpc) is 3.38. The summed E-state index contributed by atoms with van der Waals surface area (Å²) in [6.07, 6.45) is 0. The molecular formula is C39H26O. The van der Waals surface area contributed by atoms with Crippen LogP contribution >= 0.6 is 0 Å². The number of rotatable bonds is 3. The summed E-state index contributed by atoms with van der Waals surface area (Å²) in [7, 11) is 0. The number of hydrogen-bond acceptors (Lipinski definition) is 1. The van der Waals surface area contributed by atoms with Crippen LogP contribution in [0.1, 0.15) is 5.56 Å². The van der Waals surface area contributed by atoms with Gasteiger partial charge in [-0.15, -0.1) is 0 Å². The van der Waals surface area contributed by atoms with Crippen molar-refractivity contribution >= 4 is 43.5 Å². The van der Waals surface area contributed by atoms with Crippen molar-refractivity contribution in [1.29, 1.82) is 0 Å². The lowest BCUT2D eigenvalue weighted by atomic mass is 9.85. The zero-order valence-corrected chi connectivity index (χ0v) is 22.2. The van der Waals surface area contributed by atoms with Crippen LogP contribution < -0.4 is 0 Å². The van der Waals surface area contributed by atoms with E-state index >= 15 is 0 Å². The molecule has 0 atom stereocenters. The van der Waals surface area contributed by atoms with Crippen LogP contribution in [0.5, 0.6) is 0 Å². The Labute approximate surface area is 232 Å². The molecule has 0 amide bonds. The monoisotopic (exact) mass is 510 g/mol. The van der Waals surface area contributed by atoms with E-state index in [-0.39, 0.29) is 0 Å². The standard InChI is InChI=1S/C39H26O/c1-25-18-20-33-35(22-25)38(26-10-3-2-4-11-26)31-15-5-6-16-32(31)39(33)29-13-9-12-27(23-29)28-19-21-37-34(24-28)30-14-7-8-17-36(30)40-37/h2-24H,1H3.